The van der Waals surface area contributed by atoms with Gasteiger partial charge in [-0.05, 0) is 67.5 Å². The van der Waals surface area contributed by atoms with Gasteiger partial charge in [0.2, 0.25) is 0 Å². The van der Waals surface area contributed by atoms with Gasteiger partial charge < -0.3 is 10.6 Å². The van der Waals surface area contributed by atoms with Crippen molar-refractivity contribution in [3.63, 3.8) is 0 Å². The molecule has 2 aliphatic carbocycles. The lowest BCUT2D eigenvalue weighted by Crippen LogP contribution is -2.50. The number of nitrogens with one attached hydrogen (secondary N) is 2. The molecule has 2 aromatic rings. The third-order valence-corrected chi connectivity index (χ3v) is 8.12. The van der Waals surface area contributed by atoms with Gasteiger partial charge in [0.05, 0.1) is 16.4 Å². The highest BCUT2D eigenvalue weighted by Gasteiger charge is 2.24. The van der Waals surface area contributed by atoms with Crippen molar-refractivity contribution >= 4 is 40.5 Å². The Balaban J connectivity index is 1.33. The van der Waals surface area contributed by atoms with E-state index in [-0.39, 0.29) is 11.6 Å². The number of thiophene rings is 1. The van der Waals surface area contributed by atoms with Gasteiger partial charge in [-0.15, -0.1) is 11.3 Å². The number of hydrogen-bond acceptors (Lipinski definition) is 5. The highest BCUT2D eigenvalue weighted by molar-refractivity contribution is 7.17. The molecule has 4 nitrogen and oxygen atoms in total. The molecule has 0 unspecified atom stereocenters. The molecule has 0 spiro atoms. The summed E-state index contributed by atoms with van der Waals surface area (Å²) in [6, 6.07) is 4.90. The van der Waals surface area contributed by atoms with Crippen molar-refractivity contribution < 1.29 is 8.78 Å². The highest BCUT2D eigenvalue weighted by Crippen LogP contribution is 2.40. The van der Waals surface area contributed by atoms with Crippen molar-refractivity contribution in [1.82, 2.24) is 10.2 Å². The number of anilines is 2. The van der Waals surface area contributed by atoms with Crippen LogP contribution in [0.4, 0.5) is 25.2 Å². The number of fused-ring (bicyclic) bond motifs is 1. The average Bonchev–Trinajstić information content (AvgIpc) is 3.07. The van der Waals surface area contributed by atoms with E-state index in [4.69, 9.17) is 0 Å². The molecule has 1 atom stereocenters. The van der Waals surface area contributed by atoms with Crippen LogP contribution in [0.2, 0.25) is 0 Å². The van der Waals surface area contributed by atoms with Crippen molar-refractivity contribution in [3.05, 3.63) is 94.0 Å². The molecule has 3 aliphatic rings. The monoisotopic (exact) mass is 518 g/mol. The van der Waals surface area contributed by atoms with Gasteiger partial charge in [-0.2, -0.15) is 0 Å². The molecule has 1 saturated heterocycles. The van der Waals surface area contributed by atoms with Crippen LogP contribution in [0.3, 0.4) is 0 Å². The Hall–Kier alpha value is -3.13. The van der Waals surface area contributed by atoms with Crippen LogP contribution in [0.1, 0.15) is 35.3 Å². The van der Waals surface area contributed by atoms with Gasteiger partial charge in [-0.1, -0.05) is 36.5 Å². The summed E-state index contributed by atoms with van der Waals surface area (Å²) in [5, 5.41) is 8.17. The van der Waals surface area contributed by atoms with Crippen molar-refractivity contribution in [1.29, 1.82) is 0 Å². The van der Waals surface area contributed by atoms with E-state index in [9.17, 15) is 8.78 Å². The van der Waals surface area contributed by atoms with Gasteiger partial charge in [0.15, 0.2) is 0 Å². The highest BCUT2D eigenvalue weighted by atomic mass is 32.1. The van der Waals surface area contributed by atoms with Crippen molar-refractivity contribution in [3.8, 4) is 0 Å². The largest absolute Gasteiger partial charge is 0.345 e. The summed E-state index contributed by atoms with van der Waals surface area (Å²) in [6.07, 6.45) is 19.1. The minimum Gasteiger partial charge on any atom is -0.345 e. The van der Waals surface area contributed by atoms with E-state index in [1.807, 2.05) is 18.2 Å². The molecular weight excluding hydrogens is 486 g/mol. The van der Waals surface area contributed by atoms with E-state index in [0.717, 1.165) is 50.4 Å². The Morgan fingerprint density at radius 3 is 2.95 bits per heavy atom. The smallest absolute Gasteiger partial charge is 0.125 e. The molecule has 0 saturated carbocycles. The molecule has 2 heterocycles. The summed E-state index contributed by atoms with van der Waals surface area (Å²) in [6.45, 7) is 7.30. The molecule has 1 aromatic carbocycles. The molecule has 1 aromatic heterocycles. The second kappa shape index (κ2) is 11.9. The number of nitrogens with zero attached hydrogens (tertiary/aromatic N) is 2. The minimum atomic E-state index is -0.306. The Kier molecular flexibility index (Phi) is 8.24. The van der Waals surface area contributed by atoms with E-state index in [0.29, 0.717) is 23.8 Å². The average molecular weight is 519 g/mol. The molecule has 1 aliphatic heterocycles. The summed E-state index contributed by atoms with van der Waals surface area (Å²) in [5.74, 6) is -0.398. The van der Waals surface area contributed by atoms with Gasteiger partial charge in [-0.25, -0.2) is 8.78 Å². The predicted octanol–water partition coefficient (Wildman–Crippen LogP) is 7.38. The quantitative estimate of drug-likeness (QED) is 0.358. The maximum atomic E-state index is 14.1. The SMILES string of the molecule is C=Nc1ccc(F)cc1Nc1sc2c(c1CN1CCN[C@@H](CCC3=CC=C(F)CC=C3)C1)CC=CC=C2. The molecular formula is C30H32F2N4S. The van der Waals surface area contributed by atoms with Gasteiger partial charge in [0.25, 0.3) is 0 Å². The number of benzene rings is 1. The summed E-state index contributed by atoms with van der Waals surface area (Å²) >= 11 is 1.70. The van der Waals surface area contributed by atoms with E-state index < -0.39 is 0 Å². The first-order valence-electron chi connectivity index (χ1n) is 12.8. The molecule has 1 fully saturated rings. The topological polar surface area (TPSA) is 39.7 Å². The molecule has 37 heavy (non-hydrogen) atoms. The summed E-state index contributed by atoms with van der Waals surface area (Å²) in [7, 11) is 0. The first-order chi connectivity index (χ1) is 18.1. The van der Waals surface area contributed by atoms with Gasteiger partial charge in [0, 0.05) is 49.1 Å². The fraction of sp³-hybridized carbons (Fsp3) is 0.300. The lowest BCUT2D eigenvalue weighted by Gasteiger charge is -2.34. The fourth-order valence-electron chi connectivity index (χ4n) is 5.03. The molecule has 2 N–H and O–H groups in total. The van der Waals surface area contributed by atoms with Gasteiger partial charge in [0.1, 0.15) is 11.6 Å². The predicted molar refractivity (Wildman–Crippen MR) is 152 cm³/mol. The standard InChI is InChI=1S/C30H32F2N4S/c1-33-27-15-13-23(32)18-28(27)35-30-26(25-8-3-2-4-9-29(25)37-30)20-36-17-16-34-24(19-36)14-11-21-6-5-7-22(31)12-10-21/h2-6,9-10,12-13,15,18,24,34-35H,1,7-8,11,14,16-17,19-20H2/t24-/m0/s1. The molecule has 0 amide bonds. The van der Waals surface area contributed by atoms with Crippen LogP contribution >= 0.6 is 11.3 Å². The van der Waals surface area contributed by atoms with E-state index in [1.165, 1.54) is 33.7 Å². The van der Waals surface area contributed by atoms with Crippen LogP contribution in [-0.2, 0) is 13.0 Å². The molecule has 0 bridgehead atoms. The van der Waals surface area contributed by atoms with Gasteiger partial charge in [-0.3, -0.25) is 9.89 Å². The Morgan fingerprint density at radius 1 is 1.14 bits per heavy atom. The molecule has 0 radical (unpaired) electrons. The number of aliphatic imine (C=N–C) groups is 1. The zero-order valence-electron chi connectivity index (χ0n) is 20.9. The van der Waals surface area contributed by atoms with Crippen LogP contribution in [0.5, 0.6) is 0 Å². The van der Waals surface area contributed by atoms with Crippen LogP contribution in [0.25, 0.3) is 6.08 Å². The zero-order chi connectivity index (χ0) is 25.6. The van der Waals surface area contributed by atoms with Crippen LogP contribution in [0.15, 0.2) is 77.1 Å². The summed E-state index contributed by atoms with van der Waals surface area (Å²) < 4.78 is 27.6. The number of halogens is 2. The normalized spacial score (nSPS) is 19.6. The van der Waals surface area contributed by atoms with Crippen LogP contribution < -0.4 is 10.6 Å². The zero-order valence-corrected chi connectivity index (χ0v) is 21.7. The molecule has 5 rings (SSSR count). The number of rotatable bonds is 8. The Labute approximate surface area is 221 Å². The molecule has 7 heteroatoms. The number of hydrogen-bond donors (Lipinski definition) is 2. The Morgan fingerprint density at radius 2 is 2.05 bits per heavy atom. The van der Waals surface area contributed by atoms with E-state index >= 15 is 0 Å². The van der Waals surface area contributed by atoms with E-state index in [1.54, 1.807) is 23.5 Å². The third kappa shape index (κ3) is 6.42. The van der Waals surface area contributed by atoms with Crippen molar-refractivity contribution in [2.24, 2.45) is 4.99 Å². The van der Waals surface area contributed by atoms with E-state index in [2.05, 4.69) is 51.5 Å². The van der Waals surface area contributed by atoms with Crippen LogP contribution in [-0.4, -0.2) is 37.3 Å². The first-order valence-corrected chi connectivity index (χ1v) is 13.6. The Bertz CT molecular complexity index is 1300. The summed E-state index contributed by atoms with van der Waals surface area (Å²) in [4.78, 5) is 7.81. The second-order valence-corrected chi connectivity index (χ2v) is 10.6. The van der Waals surface area contributed by atoms with Crippen LogP contribution in [0, 0.1) is 5.82 Å². The maximum Gasteiger partial charge on any atom is 0.125 e. The molecule has 192 valence electrons. The number of allylic oxidation sites excluding steroid dienone is 9. The fourth-order valence-corrected chi connectivity index (χ4v) is 6.20. The second-order valence-electron chi connectivity index (χ2n) is 9.57. The summed E-state index contributed by atoms with van der Waals surface area (Å²) in [5.41, 5.74) is 5.00. The minimum absolute atomic E-state index is 0.0913. The van der Waals surface area contributed by atoms with Crippen molar-refractivity contribution in [2.75, 3.05) is 25.0 Å². The lowest BCUT2D eigenvalue weighted by atomic mass is 10.0. The van der Waals surface area contributed by atoms with Crippen molar-refractivity contribution in [2.45, 2.75) is 38.3 Å². The maximum absolute atomic E-state index is 14.1. The first kappa shape index (κ1) is 25.5. The van der Waals surface area contributed by atoms with Gasteiger partial charge >= 0.3 is 0 Å². The third-order valence-electron chi connectivity index (χ3n) is 6.97. The lowest BCUT2D eigenvalue weighted by molar-refractivity contribution is 0.187. The number of piperazine rings is 1.